The second-order valence-electron chi connectivity index (χ2n) is 4.64. The zero-order valence-corrected chi connectivity index (χ0v) is 11.2. The van der Waals surface area contributed by atoms with E-state index in [2.05, 4.69) is 20.0 Å². The van der Waals surface area contributed by atoms with Crippen LogP contribution < -0.4 is 10.1 Å². The van der Waals surface area contributed by atoms with Crippen molar-refractivity contribution in [3.8, 4) is 17.0 Å². The monoisotopic (exact) mass is 295 g/mol. The molecule has 2 heterocycles. The van der Waals surface area contributed by atoms with Crippen LogP contribution in [0.2, 0.25) is 0 Å². The van der Waals surface area contributed by atoms with Crippen molar-refractivity contribution in [3.63, 3.8) is 0 Å². The Morgan fingerprint density at radius 2 is 2.19 bits per heavy atom. The number of halogens is 2. The first-order valence-electron chi connectivity index (χ1n) is 6.64. The van der Waals surface area contributed by atoms with Gasteiger partial charge in [0.25, 0.3) is 0 Å². The van der Waals surface area contributed by atoms with E-state index in [1.54, 1.807) is 24.4 Å². The Morgan fingerprint density at radius 1 is 1.33 bits per heavy atom. The van der Waals surface area contributed by atoms with Crippen LogP contribution in [0.1, 0.15) is 11.9 Å². The number of imidazole rings is 1. The summed E-state index contributed by atoms with van der Waals surface area (Å²) in [6.07, 6.45) is 1.61. The van der Waals surface area contributed by atoms with Crippen molar-refractivity contribution in [1.82, 2.24) is 15.3 Å². The molecule has 3 rings (SSSR count). The number of para-hydroxylation sites is 1. The molecule has 112 valence electrons. The molecular weight excluding hydrogens is 280 g/mol. The largest absolute Gasteiger partial charge is 0.434 e. The van der Waals surface area contributed by atoms with Crippen molar-refractivity contribution in [2.45, 2.75) is 12.7 Å². The van der Waals surface area contributed by atoms with Gasteiger partial charge in [-0.1, -0.05) is 12.1 Å². The molecule has 7 heteroatoms. The van der Waals surface area contributed by atoms with Gasteiger partial charge in [0.05, 0.1) is 31.1 Å². The third-order valence-corrected chi connectivity index (χ3v) is 3.24. The minimum atomic E-state index is -2.86. The van der Waals surface area contributed by atoms with Gasteiger partial charge in [0, 0.05) is 12.1 Å². The van der Waals surface area contributed by atoms with E-state index in [1.165, 1.54) is 6.07 Å². The molecule has 2 aromatic rings. The van der Waals surface area contributed by atoms with Gasteiger partial charge >= 0.3 is 6.61 Å². The van der Waals surface area contributed by atoms with Crippen LogP contribution in [0, 0.1) is 0 Å². The Morgan fingerprint density at radius 3 is 2.95 bits per heavy atom. The lowest BCUT2D eigenvalue weighted by atomic mass is 10.1. The molecule has 2 N–H and O–H groups in total. The predicted octanol–water partition coefficient (Wildman–Crippen LogP) is 2.34. The molecular formula is C14H15F2N3O2. The second-order valence-corrected chi connectivity index (χ2v) is 4.64. The molecule has 0 saturated carbocycles. The van der Waals surface area contributed by atoms with Crippen LogP contribution in [-0.4, -0.2) is 36.3 Å². The third kappa shape index (κ3) is 3.20. The number of nitrogens with one attached hydrogen (secondary N) is 2. The van der Waals surface area contributed by atoms with Gasteiger partial charge in [-0.2, -0.15) is 8.78 Å². The van der Waals surface area contributed by atoms with Crippen molar-refractivity contribution in [1.29, 1.82) is 0 Å². The highest BCUT2D eigenvalue weighted by Gasteiger charge is 2.19. The lowest BCUT2D eigenvalue weighted by Gasteiger charge is -2.21. The van der Waals surface area contributed by atoms with Crippen LogP contribution >= 0.6 is 0 Å². The number of morpholine rings is 1. The molecule has 5 nitrogen and oxygen atoms in total. The first kappa shape index (κ1) is 14.0. The van der Waals surface area contributed by atoms with Crippen LogP contribution in [0.5, 0.6) is 5.75 Å². The molecule has 0 spiro atoms. The van der Waals surface area contributed by atoms with Crippen molar-refractivity contribution >= 4 is 0 Å². The highest BCUT2D eigenvalue weighted by atomic mass is 19.3. The lowest BCUT2D eigenvalue weighted by Crippen LogP contribution is -2.35. The Balaban J connectivity index is 1.85. The minimum Gasteiger partial charge on any atom is -0.434 e. The van der Waals surface area contributed by atoms with Gasteiger partial charge in [-0.15, -0.1) is 0 Å². The van der Waals surface area contributed by atoms with E-state index in [0.717, 1.165) is 12.4 Å². The summed E-state index contributed by atoms with van der Waals surface area (Å²) in [4.78, 5) is 7.43. The molecule has 1 aliphatic heterocycles. The van der Waals surface area contributed by atoms with Gasteiger partial charge in [-0.25, -0.2) is 4.98 Å². The summed E-state index contributed by atoms with van der Waals surface area (Å²) in [6, 6.07) is 6.60. The van der Waals surface area contributed by atoms with Crippen molar-refractivity contribution in [2.24, 2.45) is 0 Å². The zero-order chi connectivity index (χ0) is 14.7. The highest BCUT2D eigenvalue weighted by molar-refractivity contribution is 5.66. The second kappa shape index (κ2) is 6.19. The smallest absolute Gasteiger partial charge is 0.387 e. The Labute approximate surface area is 120 Å². The lowest BCUT2D eigenvalue weighted by molar-refractivity contribution is -0.0494. The summed E-state index contributed by atoms with van der Waals surface area (Å²) in [5.74, 6) is 0.840. The number of ether oxygens (including phenoxy) is 2. The van der Waals surface area contributed by atoms with E-state index in [9.17, 15) is 8.78 Å². The quantitative estimate of drug-likeness (QED) is 0.909. The van der Waals surface area contributed by atoms with Gasteiger partial charge < -0.3 is 19.8 Å². The fourth-order valence-electron chi connectivity index (χ4n) is 2.28. The number of alkyl halides is 2. The number of aromatic nitrogens is 2. The molecule has 0 bridgehead atoms. The van der Waals surface area contributed by atoms with E-state index < -0.39 is 6.61 Å². The van der Waals surface area contributed by atoms with E-state index in [-0.39, 0.29) is 11.8 Å². The zero-order valence-electron chi connectivity index (χ0n) is 11.2. The summed E-state index contributed by atoms with van der Waals surface area (Å²) in [6.45, 7) is -0.898. The van der Waals surface area contributed by atoms with Crippen LogP contribution in [0.15, 0.2) is 30.5 Å². The van der Waals surface area contributed by atoms with Crippen molar-refractivity contribution in [2.75, 3.05) is 19.8 Å². The molecule has 1 saturated heterocycles. The van der Waals surface area contributed by atoms with E-state index in [4.69, 9.17) is 4.74 Å². The number of hydrogen-bond donors (Lipinski definition) is 2. The molecule has 1 aromatic heterocycles. The molecule has 0 amide bonds. The summed E-state index contributed by atoms with van der Waals surface area (Å²) >= 11 is 0. The van der Waals surface area contributed by atoms with Crippen LogP contribution in [0.25, 0.3) is 11.3 Å². The Bertz CT molecular complexity index is 597. The SMILES string of the molecule is FC(F)Oc1ccccc1-c1cnc(C2COCCN2)[nH]1. The van der Waals surface area contributed by atoms with Gasteiger partial charge in [-0.3, -0.25) is 0 Å². The predicted molar refractivity (Wildman–Crippen MR) is 72.2 cm³/mol. The molecule has 21 heavy (non-hydrogen) atoms. The average Bonchev–Trinajstić information content (AvgIpc) is 2.98. The number of hydrogen-bond acceptors (Lipinski definition) is 4. The number of rotatable bonds is 4. The normalized spacial score (nSPS) is 18.9. The molecule has 1 atom stereocenters. The number of benzene rings is 1. The molecule has 0 radical (unpaired) electrons. The number of aromatic amines is 1. The Kier molecular flexibility index (Phi) is 4.12. The third-order valence-electron chi connectivity index (χ3n) is 3.24. The van der Waals surface area contributed by atoms with Crippen molar-refractivity contribution in [3.05, 3.63) is 36.3 Å². The maximum atomic E-state index is 12.4. The number of H-pyrrole nitrogens is 1. The maximum absolute atomic E-state index is 12.4. The first-order valence-corrected chi connectivity index (χ1v) is 6.64. The summed E-state index contributed by atoms with van der Waals surface area (Å²) in [7, 11) is 0. The molecule has 0 aliphatic carbocycles. The molecule has 1 aliphatic rings. The summed E-state index contributed by atoms with van der Waals surface area (Å²) < 4.78 is 34.8. The molecule has 1 aromatic carbocycles. The van der Waals surface area contributed by atoms with E-state index in [1.807, 2.05) is 0 Å². The average molecular weight is 295 g/mol. The topological polar surface area (TPSA) is 59.2 Å². The van der Waals surface area contributed by atoms with Gasteiger partial charge in [0.15, 0.2) is 0 Å². The van der Waals surface area contributed by atoms with E-state index >= 15 is 0 Å². The van der Waals surface area contributed by atoms with Crippen LogP contribution in [-0.2, 0) is 4.74 Å². The van der Waals surface area contributed by atoms with E-state index in [0.29, 0.717) is 24.5 Å². The molecule has 1 unspecified atom stereocenters. The fraction of sp³-hybridized carbons (Fsp3) is 0.357. The van der Waals surface area contributed by atoms with Crippen molar-refractivity contribution < 1.29 is 18.3 Å². The summed E-state index contributed by atoms with van der Waals surface area (Å²) in [5.41, 5.74) is 1.18. The maximum Gasteiger partial charge on any atom is 0.387 e. The standard InChI is InChI=1S/C14H15F2N3O2/c15-14(16)21-12-4-2-1-3-9(12)10-7-18-13(19-10)11-8-20-6-5-17-11/h1-4,7,11,14,17H,5-6,8H2,(H,18,19). The number of nitrogens with zero attached hydrogens (tertiary/aromatic N) is 1. The highest BCUT2D eigenvalue weighted by Crippen LogP contribution is 2.30. The van der Waals surface area contributed by atoms with Crippen LogP contribution in [0.4, 0.5) is 8.78 Å². The fourth-order valence-corrected chi connectivity index (χ4v) is 2.28. The van der Waals surface area contributed by atoms with Gasteiger partial charge in [-0.05, 0) is 12.1 Å². The van der Waals surface area contributed by atoms with Gasteiger partial charge in [0.2, 0.25) is 0 Å². The Hall–Kier alpha value is -1.99. The molecule has 1 fully saturated rings. The van der Waals surface area contributed by atoms with Gasteiger partial charge in [0.1, 0.15) is 11.6 Å². The van der Waals surface area contributed by atoms with Crippen LogP contribution in [0.3, 0.4) is 0 Å². The first-order chi connectivity index (χ1) is 10.2. The summed E-state index contributed by atoms with van der Waals surface area (Å²) in [5, 5.41) is 3.28. The minimum absolute atomic E-state index is 0.0179.